The first-order valence-corrected chi connectivity index (χ1v) is 9.31. The number of rotatable bonds is 6. The van der Waals surface area contributed by atoms with Gasteiger partial charge in [-0.3, -0.25) is 14.5 Å². The van der Waals surface area contributed by atoms with Gasteiger partial charge in [-0.25, -0.2) is 0 Å². The first-order valence-electron chi connectivity index (χ1n) is 9.31. The zero-order chi connectivity index (χ0) is 22.1. The van der Waals surface area contributed by atoms with Crippen molar-refractivity contribution in [3.63, 3.8) is 0 Å². The molecular formula is C22H21F3N2O3. The minimum absolute atomic E-state index is 0.0183. The Morgan fingerprint density at radius 3 is 2.37 bits per heavy atom. The molecule has 1 heterocycles. The predicted molar refractivity (Wildman–Crippen MR) is 107 cm³/mol. The summed E-state index contributed by atoms with van der Waals surface area (Å²) in [5.41, 5.74) is -0.429. The van der Waals surface area contributed by atoms with Crippen molar-refractivity contribution >= 4 is 23.1 Å². The minimum atomic E-state index is -4.53. The minimum Gasteiger partial charge on any atom is -0.496 e. The standard InChI is InChI=1S/C22H21F3N2O3/c1-13(2)12-27-20(28)18(16-9-4-5-10-17(16)30-3)19(21(27)29)26-15-8-6-7-14(11-15)22(23,24)25/h4-11,13,26H,12H2,1-3H3. The van der Waals surface area contributed by atoms with Gasteiger partial charge in [0.1, 0.15) is 11.4 Å². The van der Waals surface area contributed by atoms with Crippen molar-refractivity contribution in [2.24, 2.45) is 5.92 Å². The molecule has 0 atom stereocenters. The molecule has 0 spiro atoms. The van der Waals surface area contributed by atoms with Gasteiger partial charge in [0, 0.05) is 17.8 Å². The number of anilines is 1. The number of amides is 2. The van der Waals surface area contributed by atoms with E-state index in [0.717, 1.165) is 17.0 Å². The normalized spacial score (nSPS) is 14.7. The number of benzene rings is 2. The Balaban J connectivity index is 2.11. The molecule has 5 nitrogen and oxygen atoms in total. The Morgan fingerprint density at radius 1 is 1.03 bits per heavy atom. The molecule has 1 aliphatic heterocycles. The fourth-order valence-electron chi connectivity index (χ4n) is 3.24. The third kappa shape index (κ3) is 4.17. The number of para-hydroxylation sites is 1. The first-order chi connectivity index (χ1) is 14.1. The number of carbonyl (C=O) groups is 2. The fraction of sp³-hybridized carbons (Fsp3) is 0.273. The van der Waals surface area contributed by atoms with Gasteiger partial charge in [0.25, 0.3) is 11.8 Å². The second-order valence-corrected chi connectivity index (χ2v) is 7.27. The van der Waals surface area contributed by atoms with Crippen molar-refractivity contribution in [1.29, 1.82) is 0 Å². The van der Waals surface area contributed by atoms with E-state index in [9.17, 15) is 22.8 Å². The molecule has 0 unspecified atom stereocenters. The van der Waals surface area contributed by atoms with Crippen LogP contribution >= 0.6 is 0 Å². The van der Waals surface area contributed by atoms with Crippen LogP contribution in [0.2, 0.25) is 0 Å². The van der Waals surface area contributed by atoms with Crippen LogP contribution in [0.25, 0.3) is 5.57 Å². The zero-order valence-corrected chi connectivity index (χ0v) is 16.7. The molecule has 0 saturated heterocycles. The molecule has 0 aromatic heterocycles. The lowest BCUT2D eigenvalue weighted by molar-refractivity contribution is -0.138. The van der Waals surface area contributed by atoms with Crippen LogP contribution in [0.5, 0.6) is 5.75 Å². The average molecular weight is 418 g/mol. The maximum atomic E-state index is 13.1. The first kappa shape index (κ1) is 21.4. The number of halogens is 3. The largest absolute Gasteiger partial charge is 0.496 e. The maximum absolute atomic E-state index is 13.1. The van der Waals surface area contributed by atoms with Gasteiger partial charge in [0.15, 0.2) is 0 Å². The van der Waals surface area contributed by atoms with E-state index in [1.54, 1.807) is 24.3 Å². The van der Waals surface area contributed by atoms with Crippen LogP contribution < -0.4 is 10.1 Å². The molecule has 2 aromatic rings. The lowest BCUT2D eigenvalue weighted by atomic mass is 10.0. The summed E-state index contributed by atoms with van der Waals surface area (Å²) < 4.78 is 44.6. The summed E-state index contributed by atoms with van der Waals surface area (Å²) in [7, 11) is 1.44. The Labute approximate surface area is 172 Å². The SMILES string of the molecule is COc1ccccc1C1=C(Nc2cccc(C(F)(F)F)c2)C(=O)N(CC(C)C)C1=O. The van der Waals surface area contributed by atoms with E-state index in [1.807, 2.05) is 13.8 Å². The highest BCUT2D eigenvalue weighted by Crippen LogP contribution is 2.36. The summed E-state index contributed by atoms with van der Waals surface area (Å²) in [6.07, 6.45) is -4.53. The van der Waals surface area contributed by atoms with Gasteiger partial charge in [-0.2, -0.15) is 13.2 Å². The molecule has 2 aromatic carbocycles. The second kappa shape index (κ2) is 8.22. The summed E-state index contributed by atoms with van der Waals surface area (Å²) in [6, 6.07) is 11.2. The van der Waals surface area contributed by atoms with Crippen LogP contribution in [-0.2, 0) is 15.8 Å². The summed E-state index contributed by atoms with van der Waals surface area (Å²) >= 11 is 0. The number of imide groups is 1. The lowest BCUT2D eigenvalue weighted by Gasteiger charge is -2.17. The summed E-state index contributed by atoms with van der Waals surface area (Å²) in [4.78, 5) is 27.3. The number of hydrogen-bond donors (Lipinski definition) is 1. The number of nitrogens with zero attached hydrogens (tertiary/aromatic N) is 1. The van der Waals surface area contributed by atoms with Gasteiger partial charge in [0.2, 0.25) is 0 Å². The fourth-order valence-corrected chi connectivity index (χ4v) is 3.24. The van der Waals surface area contributed by atoms with E-state index in [4.69, 9.17) is 4.74 Å². The van der Waals surface area contributed by atoms with Gasteiger partial charge >= 0.3 is 6.18 Å². The highest BCUT2D eigenvalue weighted by atomic mass is 19.4. The molecule has 0 saturated carbocycles. The van der Waals surface area contributed by atoms with Gasteiger partial charge < -0.3 is 10.1 Å². The molecule has 158 valence electrons. The molecule has 1 aliphatic rings. The van der Waals surface area contributed by atoms with Crippen molar-refractivity contribution in [3.8, 4) is 5.75 Å². The van der Waals surface area contributed by atoms with Crippen LogP contribution in [0.15, 0.2) is 54.2 Å². The van der Waals surface area contributed by atoms with Crippen molar-refractivity contribution in [2.45, 2.75) is 20.0 Å². The van der Waals surface area contributed by atoms with Gasteiger partial charge in [-0.1, -0.05) is 38.1 Å². The van der Waals surface area contributed by atoms with Crippen molar-refractivity contribution in [2.75, 3.05) is 19.0 Å². The van der Waals surface area contributed by atoms with Crippen molar-refractivity contribution in [1.82, 2.24) is 4.90 Å². The smallest absolute Gasteiger partial charge is 0.416 e. The van der Waals surface area contributed by atoms with E-state index < -0.39 is 23.6 Å². The highest BCUT2D eigenvalue weighted by Gasteiger charge is 2.40. The molecule has 3 rings (SSSR count). The third-order valence-corrected chi connectivity index (χ3v) is 4.55. The number of alkyl halides is 3. The van der Waals surface area contributed by atoms with Crippen molar-refractivity contribution < 1.29 is 27.5 Å². The second-order valence-electron chi connectivity index (χ2n) is 7.27. The Bertz CT molecular complexity index is 1010. The zero-order valence-electron chi connectivity index (χ0n) is 16.7. The average Bonchev–Trinajstić information content (AvgIpc) is 2.91. The van der Waals surface area contributed by atoms with Gasteiger partial charge in [-0.05, 0) is 30.2 Å². The van der Waals surface area contributed by atoms with E-state index in [0.29, 0.717) is 11.3 Å². The summed E-state index contributed by atoms with van der Waals surface area (Å²) in [6.45, 7) is 3.91. The topological polar surface area (TPSA) is 58.6 Å². The van der Waals surface area contributed by atoms with E-state index >= 15 is 0 Å². The Hall–Kier alpha value is -3.29. The number of hydrogen-bond acceptors (Lipinski definition) is 4. The van der Waals surface area contributed by atoms with E-state index in [2.05, 4.69) is 5.32 Å². The Morgan fingerprint density at radius 2 is 1.73 bits per heavy atom. The van der Waals surface area contributed by atoms with Crippen LogP contribution in [0.1, 0.15) is 25.0 Å². The lowest BCUT2D eigenvalue weighted by Crippen LogP contribution is -2.35. The van der Waals surface area contributed by atoms with Gasteiger partial charge in [-0.15, -0.1) is 0 Å². The molecule has 0 aliphatic carbocycles. The third-order valence-electron chi connectivity index (χ3n) is 4.55. The van der Waals surface area contributed by atoms with Crippen LogP contribution in [0, 0.1) is 5.92 Å². The quantitative estimate of drug-likeness (QED) is 0.699. The molecule has 8 heteroatoms. The highest BCUT2D eigenvalue weighted by molar-refractivity contribution is 6.37. The maximum Gasteiger partial charge on any atom is 0.416 e. The van der Waals surface area contributed by atoms with E-state index in [-0.39, 0.29) is 29.4 Å². The molecule has 1 N–H and O–H groups in total. The molecule has 2 amide bonds. The molecule has 0 radical (unpaired) electrons. The number of nitrogens with one attached hydrogen (secondary N) is 1. The number of carbonyl (C=O) groups excluding carboxylic acids is 2. The monoisotopic (exact) mass is 418 g/mol. The number of ether oxygens (including phenoxy) is 1. The van der Waals surface area contributed by atoms with Gasteiger partial charge in [0.05, 0.1) is 18.2 Å². The summed E-state index contributed by atoms with van der Waals surface area (Å²) in [5.74, 6) is -0.715. The number of methoxy groups -OCH3 is 1. The van der Waals surface area contributed by atoms with E-state index in [1.165, 1.54) is 19.2 Å². The van der Waals surface area contributed by atoms with Crippen LogP contribution in [0.3, 0.4) is 0 Å². The molecule has 0 fully saturated rings. The molecule has 30 heavy (non-hydrogen) atoms. The van der Waals surface area contributed by atoms with Crippen LogP contribution in [-0.4, -0.2) is 30.4 Å². The molecule has 0 bridgehead atoms. The van der Waals surface area contributed by atoms with Crippen molar-refractivity contribution in [3.05, 3.63) is 65.4 Å². The predicted octanol–water partition coefficient (Wildman–Crippen LogP) is 4.56. The van der Waals surface area contributed by atoms with Crippen LogP contribution in [0.4, 0.5) is 18.9 Å². The molecular weight excluding hydrogens is 397 g/mol. The summed E-state index contributed by atoms with van der Waals surface area (Å²) in [5, 5.41) is 2.75. The Kier molecular flexibility index (Phi) is 5.87.